The topological polar surface area (TPSA) is 85.0 Å². The van der Waals surface area contributed by atoms with Gasteiger partial charge in [0.2, 0.25) is 0 Å². The van der Waals surface area contributed by atoms with Gasteiger partial charge in [0.25, 0.3) is 5.95 Å². The van der Waals surface area contributed by atoms with E-state index in [0.717, 1.165) is 15.6 Å². The van der Waals surface area contributed by atoms with Gasteiger partial charge in [-0.15, -0.1) is 5.10 Å². The van der Waals surface area contributed by atoms with Crippen LogP contribution in [0, 0.1) is 0 Å². The van der Waals surface area contributed by atoms with Crippen molar-refractivity contribution in [2.45, 2.75) is 20.1 Å². The lowest BCUT2D eigenvalue weighted by Gasteiger charge is -2.16. The molecule has 2 aromatic carbocycles. The van der Waals surface area contributed by atoms with Gasteiger partial charge in [-0.25, -0.2) is 0 Å². The molecule has 0 radical (unpaired) electrons. The summed E-state index contributed by atoms with van der Waals surface area (Å²) >= 11 is 9.59. The first-order valence-corrected chi connectivity index (χ1v) is 9.12. The second-order valence-corrected chi connectivity index (χ2v) is 6.64. The first-order chi connectivity index (χ1) is 12.7. The fourth-order valence-corrected chi connectivity index (χ4v) is 3.14. The zero-order valence-corrected chi connectivity index (χ0v) is 16.3. The van der Waals surface area contributed by atoms with Gasteiger partial charge in [-0.3, -0.25) is 0 Å². The number of benzene rings is 2. The molecule has 0 aliphatic rings. The molecule has 0 spiro atoms. The Kier molecular flexibility index (Phi) is 6.30. The Morgan fingerprint density at radius 3 is 2.81 bits per heavy atom. The Hall–Kier alpha value is -2.32. The lowest BCUT2D eigenvalue weighted by atomic mass is 10.2. The van der Waals surface area contributed by atoms with Crippen LogP contribution in [-0.4, -0.2) is 27.2 Å². The molecule has 0 aliphatic heterocycles. The van der Waals surface area contributed by atoms with Crippen molar-refractivity contribution < 1.29 is 9.47 Å². The number of aromatic amines is 1. The molecule has 26 heavy (non-hydrogen) atoms. The molecule has 9 heteroatoms. The van der Waals surface area contributed by atoms with E-state index < -0.39 is 0 Å². The zero-order valence-electron chi connectivity index (χ0n) is 14.0. The largest absolute Gasteiger partial charge is 0.490 e. The van der Waals surface area contributed by atoms with E-state index in [-0.39, 0.29) is 0 Å². The molecule has 0 unspecified atom stereocenters. The van der Waals surface area contributed by atoms with Crippen molar-refractivity contribution in [3.8, 4) is 11.5 Å². The number of tetrazole rings is 1. The summed E-state index contributed by atoms with van der Waals surface area (Å²) in [4.78, 5) is 0. The van der Waals surface area contributed by atoms with E-state index in [9.17, 15) is 0 Å². The third-order valence-electron chi connectivity index (χ3n) is 3.44. The van der Waals surface area contributed by atoms with Gasteiger partial charge >= 0.3 is 0 Å². The fourth-order valence-electron chi connectivity index (χ4n) is 2.33. The second-order valence-electron chi connectivity index (χ2n) is 5.35. The highest BCUT2D eigenvalue weighted by Gasteiger charge is 2.13. The maximum absolute atomic E-state index is 6.02. The van der Waals surface area contributed by atoms with Gasteiger partial charge in [-0.05, 0) is 63.5 Å². The van der Waals surface area contributed by atoms with Crippen LogP contribution in [0.5, 0.6) is 11.5 Å². The van der Waals surface area contributed by atoms with Crippen LogP contribution in [-0.2, 0) is 13.2 Å². The smallest absolute Gasteiger partial charge is 0.263 e. The fraction of sp³-hybridized carbons (Fsp3) is 0.235. The molecule has 0 saturated heterocycles. The number of nitrogens with one attached hydrogen (secondary N) is 2. The minimum Gasteiger partial charge on any atom is -0.490 e. The van der Waals surface area contributed by atoms with Crippen LogP contribution < -0.4 is 14.8 Å². The minimum absolute atomic E-state index is 0.389. The molecule has 0 fully saturated rings. The van der Waals surface area contributed by atoms with Crippen molar-refractivity contribution in [2.24, 2.45) is 0 Å². The van der Waals surface area contributed by atoms with E-state index in [2.05, 4.69) is 41.9 Å². The van der Waals surface area contributed by atoms with Crippen LogP contribution in [0.2, 0.25) is 5.02 Å². The van der Waals surface area contributed by atoms with Crippen LogP contribution in [0.1, 0.15) is 18.1 Å². The number of H-pyrrole nitrogens is 1. The molecule has 1 aromatic heterocycles. The first-order valence-electron chi connectivity index (χ1n) is 7.95. The molecule has 0 amide bonds. The second kappa shape index (κ2) is 8.86. The van der Waals surface area contributed by atoms with Crippen LogP contribution in [0.25, 0.3) is 0 Å². The summed E-state index contributed by atoms with van der Waals surface area (Å²) in [7, 11) is 0. The van der Waals surface area contributed by atoms with Crippen LogP contribution in [0.4, 0.5) is 5.95 Å². The van der Waals surface area contributed by atoms with Gasteiger partial charge in [0.1, 0.15) is 6.61 Å². The summed E-state index contributed by atoms with van der Waals surface area (Å²) in [6.45, 7) is 3.37. The van der Waals surface area contributed by atoms with E-state index in [1.165, 1.54) is 0 Å². The number of hydrogen-bond donors (Lipinski definition) is 2. The molecule has 1 heterocycles. The maximum Gasteiger partial charge on any atom is 0.263 e. The predicted octanol–water partition coefficient (Wildman–Crippen LogP) is 4.21. The SMILES string of the molecule is CCOc1cc(CNc2nn[nH]n2)cc(Br)c1OCc1cccc(Cl)c1. The summed E-state index contributed by atoms with van der Waals surface area (Å²) in [5, 5.41) is 17.4. The van der Waals surface area contributed by atoms with Crippen molar-refractivity contribution in [2.75, 3.05) is 11.9 Å². The van der Waals surface area contributed by atoms with Crippen LogP contribution >= 0.6 is 27.5 Å². The number of halogens is 2. The molecule has 2 N–H and O–H groups in total. The number of aromatic nitrogens is 4. The quantitative estimate of drug-likeness (QED) is 0.548. The van der Waals surface area contributed by atoms with Gasteiger partial charge in [-0.2, -0.15) is 5.21 Å². The summed E-state index contributed by atoms with van der Waals surface area (Å²) < 4.78 is 12.5. The summed E-state index contributed by atoms with van der Waals surface area (Å²) in [5.41, 5.74) is 1.97. The van der Waals surface area contributed by atoms with E-state index in [1.54, 1.807) is 0 Å². The maximum atomic E-state index is 6.02. The van der Waals surface area contributed by atoms with Crippen LogP contribution in [0.15, 0.2) is 40.9 Å². The number of anilines is 1. The zero-order chi connectivity index (χ0) is 18.4. The van der Waals surface area contributed by atoms with E-state index >= 15 is 0 Å². The van der Waals surface area contributed by atoms with Crippen molar-refractivity contribution in [3.05, 3.63) is 57.0 Å². The number of ether oxygens (including phenoxy) is 2. The highest BCUT2D eigenvalue weighted by Crippen LogP contribution is 2.37. The third kappa shape index (κ3) is 4.86. The molecule has 0 saturated carbocycles. The highest BCUT2D eigenvalue weighted by molar-refractivity contribution is 9.10. The van der Waals surface area contributed by atoms with Gasteiger partial charge in [-0.1, -0.05) is 28.8 Å². The average Bonchev–Trinajstić information content (AvgIpc) is 3.13. The standard InChI is InChI=1S/C17H17BrClN5O2/c1-2-25-15-8-12(9-20-17-21-23-24-22-17)7-14(18)16(15)26-10-11-4-3-5-13(19)6-11/h3-8H,2,9-10H2,1H3,(H2,20,21,22,23,24). The molecule has 0 bridgehead atoms. The van der Waals surface area contributed by atoms with Gasteiger partial charge in [0.05, 0.1) is 11.1 Å². The van der Waals surface area contributed by atoms with Gasteiger partial charge in [0.15, 0.2) is 11.5 Å². The Labute approximate surface area is 164 Å². The van der Waals surface area contributed by atoms with Crippen molar-refractivity contribution >= 4 is 33.5 Å². The van der Waals surface area contributed by atoms with E-state index in [1.807, 2.05) is 43.3 Å². The van der Waals surface area contributed by atoms with Gasteiger partial charge in [0, 0.05) is 11.6 Å². The van der Waals surface area contributed by atoms with Crippen molar-refractivity contribution in [1.82, 2.24) is 20.6 Å². The normalized spacial score (nSPS) is 10.6. The van der Waals surface area contributed by atoms with E-state index in [0.29, 0.717) is 42.2 Å². The Balaban J connectivity index is 1.75. The summed E-state index contributed by atoms with van der Waals surface area (Å²) in [5.74, 6) is 1.74. The Morgan fingerprint density at radius 1 is 1.19 bits per heavy atom. The lowest BCUT2D eigenvalue weighted by molar-refractivity contribution is 0.267. The monoisotopic (exact) mass is 437 g/mol. The lowest BCUT2D eigenvalue weighted by Crippen LogP contribution is -2.04. The van der Waals surface area contributed by atoms with Gasteiger partial charge < -0.3 is 14.8 Å². The molecular formula is C17H17BrClN5O2. The molecule has 7 nitrogen and oxygen atoms in total. The summed E-state index contributed by atoms with van der Waals surface area (Å²) in [6, 6.07) is 11.4. The Morgan fingerprint density at radius 2 is 2.08 bits per heavy atom. The van der Waals surface area contributed by atoms with Crippen LogP contribution in [0.3, 0.4) is 0 Å². The number of rotatable bonds is 8. The Bertz CT molecular complexity index is 860. The predicted molar refractivity (Wildman–Crippen MR) is 103 cm³/mol. The molecule has 0 aliphatic carbocycles. The average molecular weight is 439 g/mol. The third-order valence-corrected chi connectivity index (χ3v) is 4.26. The van der Waals surface area contributed by atoms with Crippen molar-refractivity contribution in [3.63, 3.8) is 0 Å². The molecule has 3 aromatic rings. The van der Waals surface area contributed by atoms with E-state index in [4.69, 9.17) is 21.1 Å². The molecule has 136 valence electrons. The molecule has 0 atom stereocenters. The van der Waals surface area contributed by atoms with Crippen molar-refractivity contribution in [1.29, 1.82) is 0 Å². The highest BCUT2D eigenvalue weighted by atomic mass is 79.9. The molecular weight excluding hydrogens is 422 g/mol. The summed E-state index contributed by atoms with van der Waals surface area (Å²) in [6.07, 6.45) is 0. The number of hydrogen-bond acceptors (Lipinski definition) is 6. The first kappa shape index (κ1) is 18.5. The minimum atomic E-state index is 0.389. The number of nitrogens with zero attached hydrogens (tertiary/aromatic N) is 3. The molecule has 3 rings (SSSR count).